The maximum absolute atomic E-state index is 10.9. The van der Waals surface area contributed by atoms with Gasteiger partial charge in [0.05, 0.1) is 15.0 Å². The summed E-state index contributed by atoms with van der Waals surface area (Å²) >= 11 is 3.28. The van der Waals surface area contributed by atoms with Crippen LogP contribution in [-0.2, 0) is 6.54 Å². The fourth-order valence-electron chi connectivity index (χ4n) is 2.66. The Bertz CT molecular complexity index is 487. The Kier molecular flexibility index (Phi) is 5.12. The maximum Gasteiger partial charge on any atom is 0.283 e. The van der Waals surface area contributed by atoms with Gasteiger partial charge in [-0.25, -0.2) is 0 Å². The molecule has 1 aromatic carbocycles. The van der Waals surface area contributed by atoms with E-state index in [9.17, 15) is 15.2 Å². The van der Waals surface area contributed by atoms with Crippen molar-refractivity contribution in [1.82, 2.24) is 5.32 Å². The van der Waals surface area contributed by atoms with Crippen LogP contribution in [-0.4, -0.2) is 22.2 Å². The largest absolute Gasteiger partial charge is 0.389 e. The molecule has 0 unspecified atom stereocenters. The quantitative estimate of drug-likeness (QED) is 0.636. The van der Waals surface area contributed by atoms with Gasteiger partial charge < -0.3 is 10.4 Å². The van der Waals surface area contributed by atoms with E-state index in [1.807, 2.05) is 6.07 Å². The van der Waals surface area contributed by atoms with Gasteiger partial charge in [-0.15, -0.1) is 0 Å². The monoisotopic (exact) mass is 342 g/mol. The number of hydrogen-bond acceptors (Lipinski definition) is 4. The third-order valence-corrected chi connectivity index (χ3v) is 4.72. The molecule has 0 aliphatic heterocycles. The molecule has 0 aromatic heterocycles. The van der Waals surface area contributed by atoms with Crippen LogP contribution in [0.2, 0.25) is 0 Å². The second-order valence-corrected chi connectivity index (χ2v) is 6.19. The summed E-state index contributed by atoms with van der Waals surface area (Å²) in [7, 11) is 0. The van der Waals surface area contributed by atoms with Gasteiger partial charge >= 0.3 is 0 Å². The molecule has 0 radical (unpaired) electrons. The summed E-state index contributed by atoms with van der Waals surface area (Å²) in [6.45, 7) is 1.03. The topological polar surface area (TPSA) is 75.4 Å². The Morgan fingerprint density at radius 1 is 1.35 bits per heavy atom. The van der Waals surface area contributed by atoms with E-state index in [1.165, 1.54) is 12.5 Å². The van der Waals surface area contributed by atoms with Gasteiger partial charge in [-0.05, 0) is 34.3 Å². The van der Waals surface area contributed by atoms with Crippen LogP contribution in [0, 0.1) is 10.1 Å². The Labute approximate surface area is 126 Å². The molecule has 1 aliphatic rings. The number of benzene rings is 1. The minimum absolute atomic E-state index is 0.0701. The predicted octanol–water partition coefficient (Wildman–Crippen LogP) is 3.14. The minimum Gasteiger partial charge on any atom is -0.389 e. The van der Waals surface area contributed by atoms with Gasteiger partial charge in [0, 0.05) is 19.2 Å². The third kappa shape index (κ3) is 3.77. The van der Waals surface area contributed by atoms with Crippen LogP contribution in [0.15, 0.2) is 22.7 Å². The van der Waals surface area contributed by atoms with E-state index in [2.05, 4.69) is 21.2 Å². The van der Waals surface area contributed by atoms with Crippen molar-refractivity contribution in [3.63, 3.8) is 0 Å². The highest BCUT2D eigenvalue weighted by Crippen LogP contribution is 2.29. The Morgan fingerprint density at radius 3 is 2.70 bits per heavy atom. The first-order valence-corrected chi connectivity index (χ1v) is 7.66. The molecule has 0 amide bonds. The summed E-state index contributed by atoms with van der Waals surface area (Å²) in [5.41, 5.74) is 0.283. The summed E-state index contributed by atoms with van der Waals surface area (Å²) in [6, 6.07) is 4.99. The number of hydrogen-bond donors (Lipinski definition) is 2. The molecule has 110 valence electrons. The molecule has 0 heterocycles. The van der Waals surface area contributed by atoms with Gasteiger partial charge in [-0.1, -0.05) is 31.4 Å². The summed E-state index contributed by atoms with van der Waals surface area (Å²) in [5, 5.41) is 24.5. The Balaban J connectivity index is 1.94. The van der Waals surface area contributed by atoms with Crippen LogP contribution < -0.4 is 5.32 Å². The van der Waals surface area contributed by atoms with E-state index in [0.717, 1.165) is 31.2 Å². The van der Waals surface area contributed by atoms with Crippen molar-refractivity contribution in [1.29, 1.82) is 0 Å². The summed E-state index contributed by atoms with van der Waals surface area (Å²) in [6.07, 6.45) is 4.99. The molecular weight excluding hydrogens is 324 g/mol. The first kappa shape index (κ1) is 15.4. The second kappa shape index (κ2) is 6.65. The van der Waals surface area contributed by atoms with E-state index < -0.39 is 10.5 Å². The van der Waals surface area contributed by atoms with Crippen molar-refractivity contribution >= 4 is 21.6 Å². The molecule has 20 heavy (non-hydrogen) atoms. The molecule has 2 N–H and O–H groups in total. The molecular formula is C14H19BrN2O3. The van der Waals surface area contributed by atoms with Gasteiger partial charge in [0.15, 0.2) is 0 Å². The normalized spacial score (nSPS) is 17.9. The molecule has 2 rings (SSSR count). The molecule has 0 spiro atoms. The summed E-state index contributed by atoms with van der Waals surface area (Å²) < 4.78 is 0.508. The van der Waals surface area contributed by atoms with Crippen LogP contribution in [0.1, 0.15) is 37.7 Å². The van der Waals surface area contributed by atoms with Crippen molar-refractivity contribution in [3.8, 4) is 0 Å². The lowest BCUT2D eigenvalue weighted by Gasteiger charge is -2.32. The van der Waals surface area contributed by atoms with Crippen molar-refractivity contribution in [2.75, 3.05) is 6.54 Å². The third-order valence-electron chi connectivity index (χ3n) is 3.81. The first-order valence-electron chi connectivity index (χ1n) is 6.87. The molecule has 0 saturated heterocycles. The highest BCUT2D eigenvalue weighted by Gasteiger charge is 2.28. The standard InChI is InChI=1S/C14H19BrN2O3/c15-13-11(5-4-6-12(13)17(19)20)9-16-10-14(18)7-2-1-3-8-14/h4-6,16,18H,1-3,7-10H2. The fraction of sp³-hybridized carbons (Fsp3) is 0.571. The lowest BCUT2D eigenvalue weighted by atomic mass is 9.85. The number of nitro groups is 1. The van der Waals surface area contributed by atoms with Crippen LogP contribution in [0.4, 0.5) is 5.69 Å². The second-order valence-electron chi connectivity index (χ2n) is 5.40. The smallest absolute Gasteiger partial charge is 0.283 e. The average Bonchev–Trinajstić information content (AvgIpc) is 2.41. The zero-order chi connectivity index (χ0) is 14.6. The molecule has 5 nitrogen and oxygen atoms in total. The number of nitrogens with zero attached hydrogens (tertiary/aromatic N) is 1. The van der Waals surface area contributed by atoms with E-state index in [-0.39, 0.29) is 5.69 Å². The van der Waals surface area contributed by atoms with Crippen LogP contribution in [0.25, 0.3) is 0 Å². The Morgan fingerprint density at radius 2 is 2.05 bits per heavy atom. The molecule has 1 aromatic rings. The molecule has 1 saturated carbocycles. The first-order chi connectivity index (χ1) is 9.52. The zero-order valence-corrected chi connectivity index (χ0v) is 12.9. The van der Waals surface area contributed by atoms with E-state index in [1.54, 1.807) is 6.07 Å². The highest BCUT2D eigenvalue weighted by molar-refractivity contribution is 9.10. The van der Waals surface area contributed by atoms with Crippen LogP contribution in [0.3, 0.4) is 0 Å². The number of nitrogens with one attached hydrogen (secondary N) is 1. The molecule has 6 heteroatoms. The van der Waals surface area contributed by atoms with E-state index >= 15 is 0 Å². The summed E-state index contributed by atoms with van der Waals surface area (Å²) in [4.78, 5) is 10.5. The number of nitro benzene ring substituents is 1. The van der Waals surface area contributed by atoms with Gasteiger partial charge in [0.2, 0.25) is 0 Å². The predicted molar refractivity (Wildman–Crippen MR) is 80.5 cm³/mol. The Hall–Kier alpha value is -0.980. The lowest BCUT2D eigenvalue weighted by molar-refractivity contribution is -0.385. The SMILES string of the molecule is O=[N+]([O-])c1cccc(CNCC2(O)CCCCC2)c1Br. The summed E-state index contributed by atoms with van der Waals surface area (Å²) in [5.74, 6) is 0. The zero-order valence-electron chi connectivity index (χ0n) is 11.3. The van der Waals surface area contributed by atoms with E-state index in [4.69, 9.17) is 0 Å². The molecule has 1 fully saturated rings. The van der Waals surface area contributed by atoms with Crippen molar-refractivity contribution in [3.05, 3.63) is 38.3 Å². The van der Waals surface area contributed by atoms with Crippen molar-refractivity contribution in [2.24, 2.45) is 0 Å². The average molecular weight is 343 g/mol. The van der Waals surface area contributed by atoms with Crippen LogP contribution >= 0.6 is 15.9 Å². The number of rotatable bonds is 5. The van der Waals surface area contributed by atoms with Crippen molar-refractivity contribution in [2.45, 2.75) is 44.2 Å². The molecule has 0 atom stereocenters. The maximum atomic E-state index is 10.9. The van der Waals surface area contributed by atoms with Gasteiger partial charge in [0.25, 0.3) is 5.69 Å². The van der Waals surface area contributed by atoms with Crippen LogP contribution in [0.5, 0.6) is 0 Å². The fourth-order valence-corrected chi connectivity index (χ4v) is 3.21. The van der Waals surface area contributed by atoms with E-state index in [0.29, 0.717) is 17.6 Å². The molecule has 0 bridgehead atoms. The van der Waals surface area contributed by atoms with Gasteiger partial charge in [-0.3, -0.25) is 10.1 Å². The van der Waals surface area contributed by atoms with Gasteiger partial charge in [-0.2, -0.15) is 0 Å². The molecule has 1 aliphatic carbocycles. The minimum atomic E-state index is -0.620. The number of aliphatic hydroxyl groups is 1. The highest BCUT2D eigenvalue weighted by atomic mass is 79.9. The van der Waals surface area contributed by atoms with Gasteiger partial charge in [0.1, 0.15) is 0 Å². The van der Waals surface area contributed by atoms with Crippen molar-refractivity contribution < 1.29 is 10.0 Å². The lowest BCUT2D eigenvalue weighted by Crippen LogP contribution is -2.41. The number of halogens is 1.